The molecule has 1 aliphatic rings. The molecule has 128 valence electrons. The number of nitrogens with one attached hydrogen (secondary N) is 1. The summed E-state index contributed by atoms with van der Waals surface area (Å²) in [6, 6.07) is 14.3. The fraction of sp³-hybridized carbons (Fsp3) is 0.300. The van der Waals surface area contributed by atoms with E-state index in [0.717, 1.165) is 35.8 Å². The van der Waals surface area contributed by atoms with Crippen molar-refractivity contribution < 1.29 is 4.79 Å². The molecule has 2 heterocycles. The van der Waals surface area contributed by atoms with Crippen molar-refractivity contribution in [3.8, 4) is 0 Å². The van der Waals surface area contributed by atoms with Crippen LogP contribution in [-0.4, -0.2) is 24.0 Å². The van der Waals surface area contributed by atoms with Gasteiger partial charge in [0.05, 0.1) is 16.1 Å². The van der Waals surface area contributed by atoms with Crippen LogP contribution in [0.1, 0.15) is 18.1 Å². The first-order valence-corrected chi connectivity index (χ1v) is 9.46. The summed E-state index contributed by atoms with van der Waals surface area (Å²) in [5, 5.41) is 4.10. The SMILES string of the molecule is CCc1ccccc1NC(=O)C1CN(c2nc3ccc(C)cc3s2)C1. The molecule has 0 atom stereocenters. The van der Waals surface area contributed by atoms with Gasteiger partial charge >= 0.3 is 0 Å². The number of amides is 1. The quantitative estimate of drug-likeness (QED) is 0.764. The van der Waals surface area contributed by atoms with E-state index in [1.165, 1.54) is 15.8 Å². The Kier molecular flexibility index (Phi) is 4.17. The second-order valence-corrected chi connectivity index (χ2v) is 7.58. The Morgan fingerprint density at radius 2 is 2.08 bits per heavy atom. The second kappa shape index (κ2) is 6.48. The first-order valence-electron chi connectivity index (χ1n) is 8.65. The molecule has 1 amide bonds. The number of para-hydroxylation sites is 1. The number of rotatable bonds is 4. The highest BCUT2D eigenvalue weighted by Crippen LogP contribution is 2.33. The molecule has 1 aliphatic heterocycles. The van der Waals surface area contributed by atoms with Gasteiger partial charge in [0.1, 0.15) is 0 Å². The highest BCUT2D eigenvalue weighted by atomic mass is 32.1. The molecule has 1 fully saturated rings. The van der Waals surface area contributed by atoms with E-state index in [0.29, 0.717) is 0 Å². The molecule has 0 radical (unpaired) electrons. The first-order chi connectivity index (χ1) is 12.1. The minimum Gasteiger partial charge on any atom is -0.346 e. The lowest BCUT2D eigenvalue weighted by atomic mass is 9.99. The van der Waals surface area contributed by atoms with Crippen LogP contribution in [0.25, 0.3) is 10.2 Å². The number of aryl methyl sites for hydroxylation is 2. The first kappa shape index (κ1) is 16.1. The van der Waals surface area contributed by atoms with E-state index in [4.69, 9.17) is 4.98 Å². The lowest BCUT2D eigenvalue weighted by Crippen LogP contribution is -2.52. The van der Waals surface area contributed by atoms with Crippen LogP contribution < -0.4 is 10.2 Å². The Labute approximate surface area is 151 Å². The van der Waals surface area contributed by atoms with Crippen LogP contribution >= 0.6 is 11.3 Å². The molecule has 0 unspecified atom stereocenters. The van der Waals surface area contributed by atoms with Crippen LogP contribution in [0.3, 0.4) is 0 Å². The topological polar surface area (TPSA) is 45.2 Å². The molecule has 2 aromatic carbocycles. The number of thiazole rings is 1. The average Bonchev–Trinajstić information content (AvgIpc) is 2.96. The predicted molar refractivity (Wildman–Crippen MR) is 105 cm³/mol. The van der Waals surface area contributed by atoms with Gasteiger partial charge in [-0.2, -0.15) is 0 Å². The van der Waals surface area contributed by atoms with Crippen LogP contribution in [0.4, 0.5) is 10.8 Å². The van der Waals surface area contributed by atoms with E-state index >= 15 is 0 Å². The molecule has 4 rings (SSSR count). The zero-order valence-corrected chi connectivity index (χ0v) is 15.3. The highest BCUT2D eigenvalue weighted by molar-refractivity contribution is 7.22. The van der Waals surface area contributed by atoms with Gasteiger partial charge in [0.25, 0.3) is 0 Å². The minimum atomic E-state index is 0.0265. The van der Waals surface area contributed by atoms with Crippen LogP contribution in [0.2, 0.25) is 0 Å². The maximum Gasteiger partial charge on any atom is 0.231 e. The van der Waals surface area contributed by atoms with Gasteiger partial charge in [-0.15, -0.1) is 0 Å². The number of hydrogen-bond acceptors (Lipinski definition) is 4. The fourth-order valence-electron chi connectivity index (χ4n) is 3.14. The van der Waals surface area contributed by atoms with Crippen LogP contribution in [-0.2, 0) is 11.2 Å². The number of aromatic nitrogens is 1. The number of carbonyl (C=O) groups is 1. The third-order valence-electron chi connectivity index (χ3n) is 4.71. The van der Waals surface area contributed by atoms with Crippen LogP contribution in [0.15, 0.2) is 42.5 Å². The van der Waals surface area contributed by atoms with Crippen LogP contribution in [0, 0.1) is 12.8 Å². The Balaban J connectivity index is 1.41. The molecule has 0 spiro atoms. The predicted octanol–water partition coefficient (Wildman–Crippen LogP) is 4.24. The monoisotopic (exact) mass is 351 g/mol. The van der Waals surface area contributed by atoms with Crippen molar-refractivity contribution in [2.24, 2.45) is 5.92 Å². The highest BCUT2D eigenvalue weighted by Gasteiger charge is 2.34. The van der Waals surface area contributed by atoms with Gasteiger partial charge in [-0.05, 0) is 42.7 Å². The molecule has 0 bridgehead atoms. The van der Waals surface area contributed by atoms with Crippen molar-refractivity contribution in [2.75, 3.05) is 23.3 Å². The maximum absolute atomic E-state index is 12.5. The van der Waals surface area contributed by atoms with E-state index in [2.05, 4.69) is 48.3 Å². The van der Waals surface area contributed by atoms with Gasteiger partial charge in [0.15, 0.2) is 5.13 Å². The normalized spacial score (nSPS) is 14.6. The molecule has 1 aromatic heterocycles. The Morgan fingerprint density at radius 1 is 1.28 bits per heavy atom. The lowest BCUT2D eigenvalue weighted by Gasteiger charge is -2.38. The molecule has 5 heteroatoms. The lowest BCUT2D eigenvalue weighted by molar-refractivity contribution is -0.120. The second-order valence-electron chi connectivity index (χ2n) is 6.57. The van der Waals surface area contributed by atoms with Crippen molar-refractivity contribution >= 4 is 38.3 Å². The summed E-state index contributed by atoms with van der Waals surface area (Å²) in [6.45, 7) is 5.67. The summed E-state index contributed by atoms with van der Waals surface area (Å²) in [5.41, 5.74) is 4.39. The third kappa shape index (κ3) is 3.12. The smallest absolute Gasteiger partial charge is 0.231 e. The summed E-state index contributed by atoms with van der Waals surface area (Å²) in [4.78, 5) is 19.4. The molecular formula is C20H21N3OS. The van der Waals surface area contributed by atoms with Gasteiger partial charge in [0.2, 0.25) is 5.91 Å². The van der Waals surface area contributed by atoms with Crippen LogP contribution in [0.5, 0.6) is 0 Å². The molecular weight excluding hydrogens is 330 g/mol. The van der Waals surface area contributed by atoms with E-state index in [-0.39, 0.29) is 11.8 Å². The zero-order chi connectivity index (χ0) is 17.4. The van der Waals surface area contributed by atoms with Crippen molar-refractivity contribution in [2.45, 2.75) is 20.3 Å². The molecule has 1 saturated heterocycles. The van der Waals surface area contributed by atoms with Crippen molar-refractivity contribution in [3.05, 3.63) is 53.6 Å². The Morgan fingerprint density at radius 3 is 2.88 bits per heavy atom. The average molecular weight is 351 g/mol. The van der Waals surface area contributed by atoms with Gasteiger partial charge in [-0.1, -0.05) is 42.5 Å². The summed E-state index contributed by atoms with van der Waals surface area (Å²) < 4.78 is 1.21. The molecule has 4 nitrogen and oxygen atoms in total. The zero-order valence-electron chi connectivity index (χ0n) is 14.5. The third-order valence-corrected chi connectivity index (χ3v) is 5.79. The van der Waals surface area contributed by atoms with Crippen molar-refractivity contribution in [3.63, 3.8) is 0 Å². The molecule has 25 heavy (non-hydrogen) atoms. The van der Waals surface area contributed by atoms with Crippen molar-refractivity contribution in [1.82, 2.24) is 4.98 Å². The van der Waals surface area contributed by atoms with Gasteiger partial charge < -0.3 is 10.2 Å². The summed E-state index contributed by atoms with van der Waals surface area (Å²) >= 11 is 1.70. The van der Waals surface area contributed by atoms with E-state index in [1.54, 1.807) is 11.3 Å². The molecule has 1 N–H and O–H groups in total. The maximum atomic E-state index is 12.5. The molecule has 0 aliphatic carbocycles. The van der Waals surface area contributed by atoms with Gasteiger partial charge in [-0.3, -0.25) is 4.79 Å². The number of hydrogen-bond donors (Lipinski definition) is 1. The standard InChI is InChI=1S/C20H21N3OS/c1-3-14-6-4-5-7-16(14)21-19(24)15-11-23(12-15)20-22-17-9-8-13(2)10-18(17)25-20/h4-10,15H,3,11-12H2,1-2H3,(H,21,24). The van der Waals surface area contributed by atoms with Crippen molar-refractivity contribution in [1.29, 1.82) is 0 Å². The summed E-state index contributed by atoms with van der Waals surface area (Å²) in [6.07, 6.45) is 0.915. The van der Waals surface area contributed by atoms with Gasteiger partial charge in [-0.25, -0.2) is 4.98 Å². The Bertz CT molecular complexity index is 928. The van der Waals surface area contributed by atoms with E-state index in [9.17, 15) is 4.79 Å². The summed E-state index contributed by atoms with van der Waals surface area (Å²) in [7, 11) is 0. The molecule has 0 saturated carbocycles. The minimum absolute atomic E-state index is 0.0265. The number of benzene rings is 2. The number of nitrogens with zero attached hydrogens (tertiary/aromatic N) is 2. The number of fused-ring (bicyclic) bond motifs is 1. The number of anilines is 2. The van der Waals surface area contributed by atoms with E-state index in [1.807, 2.05) is 18.2 Å². The number of carbonyl (C=O) groups excluding carboxylic acids is 1. The van der Waals surface area contributed by atoms with Gasteiger partial charge in [0, 0.05) is 18.8 Å². The Hall–Kier alpha value is -2.40. The van der Waals surface area contributed by atoms with E-state index < -0.39 is 0 Å². The fourth-order valence-corrected chi connectivity index (χ4v) is 4.22. The largest absolute Gasteiger partial charge is 0.346 e. The summed E-state index contributed by atoms with van der Waals surface area (Å²) in [5.74, 6) is 0.132. The molecule has 3 aromatic rings.